The Morgan fingerprint density at radius 2 is 1.47 bits per heavy atom. The largest absolute Gasteiger partial charge is 0.390 e. The van der Waals surface area contributed by atoms with Gasteiger partial charge in [-0.15, -0.1) is 0 Å². The first kappa shape index (κ1) is 13.2. The van der Waals surface area contributed by atoms with Crippen LogP contribution in [0.2, 0.25) is 18.1 Å². The molecule has 0 spiro atoms. The summed E-state index contributed by atoms with van der Waals surface area (Å²) in [6.07, 6.45) is 1.05. The van der Waals surface area contributed by atoms with Gasteiger partial charge in [0.2, 0.25) is 0 Å². The number of ether oxygens (including phenoxy) is 1. The predicted molar refractivity (Wildman–Crippen MR) is 66.4 cm³/mol. The molecular weight excluding hydrogens is 204 g/mol. The molecule has 0 aromatic heterocycles. The molecule has 0 saturated heterocycles. The van der Waals surface area contributed by atoms with E-state index >= 15 is 0 Å². The Balaban J connectivity index is 2.75. The molecule has 1 fully saturated rings. The number of hydrogen-bond donors (Lipinski definition) is 0. The Hall–Kier alpha value is 0.137. The summed E-state index contributed by atoms with van der Waals surface area (Å²) in [4.78, 5) is 0. The topological polar surface area (TPSA) is 18.5 Å². The van der Waals surface area contributed by atoms with E-state index in [1.165, 1.54) is 18.1 Å². The normalized spacial score (nSPS) is 29.2. The number of rotatable bonds is 6. The average molecular weight is 230 g/mol. The van der Waals surface area contributed by atoms with Gasteiger partial charge in [0.1, 0.15) is 0 Å². The highest BCUT2D eigenvalue weighted by Crippen LogP contribution is 2.60. The number of methoxy groups -OCH3 is 1. The zero-order chi connectivity index (χ0) is 11.7. The van der Waals surface area contributed by atoms with Crippen molar-refractivity contribution in [2.45, 2.75) is 65.0 Å². The average Bonchev–Trinajstić information content (AvgIpc) is 2.78. The van der Waals surface area contributed by atoms with Crippen molar-refractivity contribution in [3.8, 4) is 0 Å². The lowest BCUT2D eigenvalue weighted by Gasteiger charge is -2.34. The zero-order valence-corrected chi connectivity index (χ0v) is 12.1. The van der Waals surface area contributed by atoms with Gasteiger partial charge in [-0.1, -0.05) is 34.6 Å². The summed E-state index contributed by atoms with van der Waals surface area (Å²) in [6.45, 7) is 11.3. The van der Waals surface area contributed by atoms with Crippen molar-refractivity contribution in [2.75, 3.05) is 7.11 Å². The molecule has 1 aliphatic rings. The van der Waals surface area contributed by atoms with Crippen LogP contribution in [0.4, 0.5) is 0 Å². The molecular formula is C12H26O2Si. The van der Waals surface area contributed by atoms with Crippen molar-refractivity contribution in [3.63, 3.8) is 0 Å². The second kappa shape index (κ2) is 4.19. The second-order valence-electron chi connectivity index (χ2n) is 5.36. The van der Waals surface area contributed by atoms with Crippen molar-refractivity contribution >= 4 is 8.32 Å². The fraction of sp³-hybridized carbons (Fsp3) is 1.00. The second-order valence-corrected chi connectivity index (χ2v) is 10.1. The Bertz CT molecular complexity index is 209. The molecule has 0 aromatic carbocycles. The van der Waals surface area contributed by atoms with Crippen LogP contribution in [0.25, 0.3) is 0 Å². The van der Waals surface area contributed by atoms with Crippen molar-refractivity contribution in [1.82, 2.24) is 0 Å². The Kier molecular flexibility index (Phi) is 3.69. The van der Waals surface area contributed by atoms with Crippen molar-refractivity contribution in [1.29, 1.82) is 0 Å². The highest BCUT2D eigenvalue weighted by Gasteiger charge is 2.65. The maximum absolute atomic E-state index is 6.47. The van der Waals surface area contributed by atoms with Gasteiger partial charge >= 0.3 is 0 Å². The van der Waals surface area contributed by atoms with Gasteiger partial charge in [0, 0.05) is 18.9 Å². The van der Waals surface area contributed by atoms with Crippen LogP contribution in [-0.2, 0) is 9.16 Å². The van der Waals surface area contributed by atoms with Crippen LogP contribution >= 0.6 is 0 Å². The summed E-state index contributed by atoms with van der Waals surface area (Å²) in [5.74, 6) is -0.263. The van der Waals surface area contributed by atoms with Crippen LogP contribution in [-0.4, -0.2) is 21.2 Å². The minimum atomic E-state index is -1.53. The summed E-state index contributed by atoms with van der Waals surface area (Å²) >= 11 is 0. The molecule has 0 radical (unpaired) electrons. The highest BCUT2D eigenvalue weighted by molar-refractivity contribution is 6.73. The first-order valence-electron chi connectivity index (χ1n) is 6.16. The molecule has 2 nitrogen and oxygen atoms in total. The molecule has 1 rings (SSSR count). The SMILES string of the molecule is CC[Si](CC)(CC)OC1(OC)CC1(C)C. The summed E-state index contributed by atoms with van der Waals surface area (Å²) in [5, 5.41) is 0. The van der Waals surface area contributed by atoms with E-state index in [-0.39, 0.29) is 11.2 Å². The van der Waals surface area contributed by atoms with Crippen molar-refractivity contribution in [3.05, 3.63) is 0 Å². The minimum Gasteiger partial charge on any atom is -0.390 e. The Morgan fingerprint density at radius 3 is 1.67 bits per heavy atom. The summed E-state index contributed by atoms with van der Waals surface area (Å²) < 4.78 is 12.1. The van der Waals surface area contributed by atoms with Crippen LogP contribution in [0.15, 0.2) is 0 Å². The lowest BCUT2D eigenvalue weighted by atomic mass is 10.2. The molecule has 0 amide bonds. The van der Waals surface area contributed by atoms with Gasteiger partial charge in [0.15, 0.2) is 14.1 Å². The lowest BCUT2D eigenvalue weighted by molar-refractivity contribution is -0.114. The monoisotopic (exact) mass is 230 g/mol. The van der Waals surface area contributed by atoms with E-state index in [2.05, 4.69) is 34.6 Å². The molecule has 90 valence electrons. The summed E-state index contributed by atoms with van der Waals surface area (Å²) in [7, 11) is 0.261. The molecule has 0 N–H and O–H groups in total. The third kappa shape index (κ3) is 2.15. The molecule has 0 aromatic rings. The molecule has 0 bridgehead atoms. The van der Waals surface area contributed by atoms with E-state index in [9.17, 15) is 0 Å². The maximum Gasteiger partial charge on any atom is 0.195 e. The van der Waals surface area contributed by atoms with E-state index in [0.29, 0.717) is 0 Å². The molecule has 0 heterocycles. The molecule has 1 saturated carbocycles. The minimum absolute atomic E-state index is 0.208. The Labute approximate surface area is 95.5 Å². The maximum atomic E-state index is 6.47. The van der Waals surface area contributed by atoms with Crippen molar-refractivity contribution < 1.29 is 9.16 Å². The first-order valence-corrected chi connectivity index (χ1v) is 8.69. The molecule has 0 aliphatic heterocycles. The van der Waals surface area contributed by atoms with Gasteiger partial charge < -0.3 is 9.16 Å². The predicted octanol–water partition coefficient (Wildman–Crippen LogP) is 3.78. The van der Waals surface area contributed by atoms with Gasteiger partial charge in [-0.2, -0.15) is 0 Å². The third-order valence-corrected chi connectivity index (χ3v) is 8.85. The van der Waals surface area contributed by atoms with Crippen LogP contribution < -0.4 is 0 Å². The first-order chi connectivity index (χ1) is 6.91. The summed E-state index contributed by atoms with van der Waals surface area (Å²) in [5.41, 5.74) is 0.208. The highest BCUT2D eigenvalue weighted by atomic mass is 28.4. The summed E-state index contributed by atoms with van der Waals surface area (Å²) in [6, 6.07) is 3.59. The third-order valence-electron chi connectivity index (χ3n) is 4.22. The molecule has 1 unspecified atom stereocenters. The standard InChI is InChI=1S/C12H26O2Si/c1-7-15(8-2,9-3)14-12(13-6)10-11(12,4)5/h7-10H2,1-6H3. The van der Waals surface area contributed by atoms with E-state index in [4.69, 9.17) is 9.16 Å². The smallest absolute Gasteiger partial charge is 0.195 e. The molecule has 3 heteroatoms. The van der Waals surface area contributed by atoms with Crippen LogP contribution in [0.1, 0.15) is 41.0 Å². The van der Waals surface area contributed by atoms with E-state index in [1.54, 1.807) is 7.11 Å². The van der Waals surface area contributed by atoms with Crippen molar-refractivity contribution in [2.24, 2.45) is 5.41 Å². The van der Waals surface area contributed by atoms with Gasteiger partial charge in [-0.05, 0) is 18.1 Å². The van der Waals surface area contributed by atoms with Crippen LogP contribution in [0, 0.1) is 5.41 Å². The van der Waals surface area contributed by atoms with Gasteiger partial charge in [-0.25, -0.2) is 0 Å². The van der Waals surface area contributed by atoms with E-state index in [0.717, 1.165) is 6.42 Å². The van der Waals surface area contributed by atoms with Gasteiger partial charge in [0.05, 0.1) is 0 Å². The molecule has 1 aliphatic carbocycles. The van der Waals surface area contributed by atoms with Crippen LogP contribution in [0.3, 0.4) is 0 Å². The quantitative estimate of drug-likeness (QED) is 0.511. The van der Waals surface area contributed by atoms with Crippen LogP contribution in [0.5, 0.6) is 0 Å². The van der Waals surface area contributed by atoms with E-state index in [1.807, 2.05) is 0 Å². The molecule has 15 heavy (non-hydrogen) atoms. The fourth-order valence-corrected chi connectivity index (χ4v) is 5.48. The lowest BCUT2D eigenvalue weighted by Crippen LogP contribution is -2.43. The molecule has 1 atom stereocenters. The van der Waals surface area contributed by atoms with Gasteiger partial charge in [-0.3, -0.25) is 0 Å². The van der Waals surface area contributed by atoms with E-state index < -0.39 is 8.32 Å². The fourth-order valence-electron chi connectivity index (χ4n) is 2.42. The Morgan fingerprint density at radius 1 is 1.07 bits per heavy atom. The zero-order valence-electron chi connectivity index (χ0n) is 11.1. The van der Waals surface area contributed by atoms with Gasteiger partial charge in [0.25, 0.3) is 0 Å². The number of hydrogen-bond acceptors (Lipinski definition) is 2.